The van der Waals surface area contributed by atoms with E-state index in [1.54, 1.807) is 36.6 Å². The van der Waals surface area contributed by atoms with Crippen molar-refractivity contribution in [3.63, 3.8) is 0 Å². The van der Waals surface area contributed by atoms with Gasteiger partial charge in [-0.1, -0.05) is 17.7 Å². The van der Waals surface area contributed by atoms with Gasteiger partial charge in [-0.2, -0.15) is 0 Å². The van der Waals surface area contributed by atoms with Gasteiger partial charge >= 0.3 is 0 Å². The van der Waals surface area contributed by atoms with E-state index < -0.39 is 0 Å². The van der Waals surface area contributed by atoms with Gasteiger partial charge in [0.05, 0.1) is 12.7 Å². The normalized spacial score (nSPS) is 10.3. The van der Waals surface area contributed by atoms with E-state index in [1.807, 2.05) is 17.5 Å². The molecule has 1 aromatic carbocycles. The average Bonchev–Trinajstić information content (AvgIpc) is 2.88. The van der Waals surface area contributed by atoms with Crippen molar-refractivity contribution in [3.8, 4) is 5.75 Å². The topological polar surface area (TPSA) is 26.3 Å². The first-order valence-corrected chi connectivity index (χ1v) is 6.85. The first-order chi connectivity index (χ1) is 8.70. The number of rotatable bonds is 5. The summed E-state index contributed by atoms with van der Waals surface area (Å²) >= 11 is 7.54. The van der Waals surface area contributed by atoms with Gasteiger partial charge in [0.15, 0.2) is 5.78 Å². The maximum Gasteiger partial charge on any atom is 0.166 e. The van der Waals surface area contributed by atoms with Crippen LogP contribution in [0.1, 0.15) is 21.7 Å². The van der Waals surface area contributed by atoms with Crippen molar-refractivity contribution in [2.45, 2.75) is 12.8 Å². The molecule has 0 spiro atoms. The van der Waals surface area contributed by atoms with Crippen LogP contribution in [0.15, 0.2) is 35.7 Å². The third-order valence-corrected chi connectivity index (χ3v) is 3.81. The molecule has 0 radical (unpaired) electrons. The van der Waals surface area contributed by atoms with Crippen LogP contribution in [0.25, 0.3) is 0 Å². The molecule has 4 heteroatoms. The first-order valence-electron chi connectivity index (χ1n) is 5.60. The van der Waals surface area contributed by atoms with Gasteiger partial charge < -0.3 is 4.74 Å². The van der Waals surface area contributed by atoms with Gasteiger partial charge in [-0.05, 0) is 36.1 Å². The van der Waals surface area contributed by atoms with Crippen LogP contribution in [-0.4, -0.2) is 12.9 Å². The van der Waals surface area contributed by atoms with Crippen molar-refractivity contribution in [1.29, 1.82) is 0 Å². The van der Waals surface area contributed by atoms with E-state index in [2.05, 4.69) is 0 Å². The highest BCUT2D eigenvalue weighted by Gasteiger charge is 2.12. The number of benzene rings is 1. The predicted octanol–water partition coefficient (Wildman–Crippen LogP) is 4.23. The number of carbonyl (C=O) groups excluding carboxylic acids is 1. The smallest absolute Gasteiger partial charge is 0.166 e. The first kappa shape index (κ1) is 13.1. The summed E-state index contributed by atoms with van der Waals surface area (Å²) in [6, 6.07) is 9.13. The molecule has 0 saturated heterocycles. The number of thiophene rings is 1. The molecule has 2 rings (SSSR count). The molecule has 2 nitrogen and oxygen atoms in total. The SMILES string of the molecule is COc1cc(Cl)ccc1C(=O)CCc1cccs1. The van der Waals surface area contributed by atoms with Crippen molar-refractivity contribution in [3.05, 3.63) is 51.2 Å². The Labute approximate surface area is 115 Å². The predicted molar refractivity (Wildman–Crippen MR) is 75.0 cm³/mol. The van der Waals surface area contributed by atoms with Crippen molar-refractivity contribution in [2.75, 3.05) is 7.11 Å². The Morgan fingerprint density at radius 2 is 2.22 bits per heavy atom. The molecule has 18 heavy (non-hydrogen) atoms. The minimum atomic E-state index is 0.0805. The third kappa shape index (κ3) is 3.12. The van der Waals surface area contributed by atoms with Gasteiger partial charge in [0, 0.05) is 16.3 Å². The molecule has 0 saturated carbocycles. The Hall–Kier alpha value is -1.32. The fourth-order valence-electron chi connectivity index (χ4n) is 1.72. The summed E-state index contributed by atoms with van der Waals surface area (Å²) in [6.07, 6.45) is 1.25. The van der Waals surface area contributed by atoms with Crippen molar-refractivity contribution in [1.82, 2.24) is 0 Å². The molecule has 0 atom stereocenters. The molecule has 1 aromatic heterocycles. The fraction of sp³-hybridized carbons (Fsp3) is 0.214. The van der Waals surface area contributed by atoms with Crippen LogP contribution in [0, 0.1) is 0 Å². The van der Waals surface area contributed by atoms with E-state index in [-0.39, 0.29) is 5.78 Å². The lowest BCUT2D eigenvalue weighted by molar-refractivity contribution is 0.0980. The quantitative estimate of drug-likeness (QED) is 0.766. The lowest BCUT2D eigenvalue weighted by Crippen LogP contribution is -2.03. The van der Waals surface area contributed by atoms with Gasteiger partial charge in [-0.25, -0.2) is 0 Å². The minimum absolute atomic E-state index is 0.0805. The zero-order valence-electron chi connectivity index (χ0n) is 9.98. The average molecular weight is 281 g/mol. The summed E-state index contributed by atoms with van der Waals surface area (Å²) in [7, 11) is 1.54. The van der Waals surface area contributed by atoms with Gasteiger partial charge in [-0.15, -0.1) is 11.3 Å². The maximum atomic E-state index is 12.1. The zero-order valence-corrected chi connectivity index (χ0v) is 11.6. The third-order valence-electron chi connectivity index (χ3n) is 2.64. The van der Waals surface area contributed by atoms with E-state index in [1.165, 1.54) is 4.88 Å². The van der Waals surface area contributed by atoms with E-state index in [0.717, 1.165) is 6.42 Å². The molecule has 0 bridgehead atoms. The van der Waals surface area contributed by atoms with Crippen molar-refractivity contribution in [2.24, 2.45) is 0 Å². The van der Waals surface area contributed by atoms with Crippen LogP contribution in [0.4, 0.5) is 0 Å². The maximum absolute atomic E-state index is 12.1. The molecule has 0 unspecified atom stereocenters. The summed E-state index contributed by atoms with van der Waals surface area (Å²) in [5.74, 6) is 0.621. The van der Waals surface area contributed by atoms with E-state index >= 15 is 0 Å². The summed E-state index contributed by atoms with van der Waals surface area (Å²) in [5, 5.41) is 2.59. The second-order valence-corrected chi connectivity index (χ2v) is 5.32. The van der Waals surface area contributed by atoms with Crippen LogP contribution in [-0.2, 0) is 6.42 Å². The number of aryl methyl sites for hydroxylation is 1. The molecule has 0 aliphatic rings. The molecule has 94 valence electrons. The summed E-state index contributed by atoms with van der Waals surface area (Å²) < 4.78 is 5.18. The Kier molecular flexibility index (Phi) is 4.39. The minimum Gasteiger partial charge on any atom is -0.496 e. The molecule has 0 amide bonds. The molecule has 0 aliphatic carbocycles. The van der Waals surface area contributed by atoms with E-state index in [4.69, 9.17) is 16.3 Å². The number of carbonyl (C=O) groups is 1. The van der Waals surface area contributed by atoms with Gasteiger partial charge in [0.1, 0.15) is 5.75 Å². The number of ketones is 1. The number of halogens is 1. The van der Waals surface area contributed by atoms with Gasteiger partial charge in [-0.3, -0.25) is 4.79 Å². The summed E-state index contributed by atoms with van der Waals surface area (Å²) in [5.41, 5.74) is 0.596. The Morgan fingerprint density at radius 1 is 1.39 bits per heavy atom. The van der Waals surface area contributed by atoms with E-state index in [0.29, 0.717) is 22.8 Å². The second-order valence-electron chi connectivity index (χ2n) is 3.85. The second kappa shape index (κ2) is 6.03. The number of methoxy groups -OCH3 is 1. The molecule has 0 aliphatic heterocycles. The van der Waals surface area contributed by atoms with Crippen LogP contribution in [0.5, 0.6) is 5.75 Å². The molecular weight excluding hydrogens is 268 g/mol. The lowest BCUT2D eigenvalue weighted by atomic mass is 10.1. The molecule has 0 N–H and O–H groups in total. The Morgan fingerprint density at radius 3 is 2.89 bits per heavy atom. The lowest BCUT2D eigenvalue weighted by Gasteiger charge is -2.07. The molecule has 0 fully saturated rings. The Bertz CT molecular complexity index is 535. The standard InChI is InChI=1S/C14H13ClO2S/c1-17-14-9-10(15)4-6-12(14)13(16)7-5-11-3-2-8-18-11/h2-4,6,8-9H,5,7H2,1H3. The van der Waals surface area contributed by atoms with Crippen LogP contribution in [0.3, 0.4) is 0 Å². The molecule has 2 aromatic rings. The molecular formula is C14H13ClO2S. The van der Waals surface area contributed by atoms with Crippen LogP contribution < -0.4 is 4.74 Å². The zero-order chi connectivity index (χ0) is 13.0. The fourth-order valence-corrected chi connectivity index (χ4v) is 2.59. The number of hydrogen-bond acceptors (Lipinski definition) is 3. The van der Waals surface area contributed by atoms with Gasteiger partial charge in [0.25, 0.3) is 0 Å². The van der Waals surface area contributed by atoms with Crippen LogP contribution >= 0.6 is 22.9 Å². The van der Waals surface area contributed by atoms with E-state index in [9.17, 15) is 4.79 Å². The largest absolute Gasteiger partial charge is 0.496 e. The van der Waals surface area contributed by atoms with Gasteiger partial charge in [0.2, 0.25) is 0 Å². The summed E-state index contributed by atoms with van der Waals surface area (Å²) in [4.78, 5) is 13.3. The monoisotopic (exact) mass is 280 g/mol. The highest BCUT2D eigenvalue weighted by Crippen LogP contribution is 2.25. The number of Topliss-reactive ketones (excluding diaryl/α,β-unsaturated/α-hetero) is 1. The highest BCUT2D eigenvalue weighted by atomic mass is 35.5. The van der Waals surface area contributed by atoms with Crippen molar-refractivity contribution < 1.29 is 9.53 Å². The Balaban J connectivity index is 2.09. The van der Waals surface area contributed by atoms with Crippen molar-refractivity contribution >= 4 is 28.7 Å². The number of ether oxygens (including phenoxy) is 1. The highest BCUT2D eigenvalue weighted by molar-refractivity contribution is 7.09. The van der Waals surface area contributed by atoms with Crippen LogP contribution in [0.2, 0.25) is 5.02 Å². The number of hydrogen-bond donors (Lipinski definition) is 0. The summed E-state index contributed by atoms with van der Waals surface area (Å²) in [6.45, 7) is 0. The molecule has 1 heterocycles.